The van der Waals surface area contributed by atoms with E-state index in [0.717, 1.165) is 9.13 Å². The molecule has 238 valence electrons. The Labute approximate surface area is 332 Å². The van der Waals surface area contributed by atoms with Gasteiger partial charge in [-0.15, -0.1) is 0 Å². The third kappa shape index (κ3) is 4.06. The van der Waals surface area contributed by atoms with Crippen molar-refractivity contribution >= 4 is 65.4 Å². The number of nitrogens with zero attached hydrogens (tertiary/aromatic N) is 3. The summed E-state index contributed by atoms with van der Waals surface area (Å²) in [4.78, 5) is 0. The zero-order valence-corrected chi connectivity index (χ0v) is 25.7. The fraction of sp³-hybridized carbons (Fsp3) is 0. The molecule has 0 amide bonds. The van der Waals surface area contributed by atoms with Crippen molar-refractivity contribution in [2.45, 2.75) is 0 Å². The van der Waals surface area contributed by atoms with Crippen LogP contribution in [0.5, 0.6) is 0 Å². The smallest absolute Gasteiger partial charge is 0.0782 e. The van der Waals surface area contributed by atoms with Crippen LogP contribution in [0.3, 0.4) is 0 Å². The predicted molar refractivity (Wildman–Crippen MR) is 215 cm³/mol. The zero-order valence-electron chi connectivity index (χ0n) is 52.7. The normalized spacial score (nSPS) is 19.3. The van der Waals surface area contributed by atoms with Crippen LogP contribution in [0.1, 0.15) is 37.0 Å². The van der Waals surface area contributed by atoms with Crippen LogP contribution in [0, 0.1) is 0 Å². The molecule has 0 saturated carbocycles. The quantitative estimate of drug-likeness (QED) is 0.176. The van der Waals surface area contributed by atoms with Crippen molar-refractivity contribution in [1.29, 1.82) is 0 Å². The Morgan fingerprint density at radius 3 is 1.45 bits per heavy atom. The molecule has 0 saturated heterocycles. The van der Waals surface area contributed by atoms with Crippen molar-refractivity contribution in [3.63, 3.8) is 0 Å². The van der Waals surface area contributed by atoms with E-state index >= 15 is 0 Å². The fourth-order valence-electron chi connectivity index (χ4n) is 6.63. The second-order valence-corrected chi connectivity index (χ2v) is 11.3. The molecule has 51 heavy (non-hydrogen) atoms. The highest BCUT2D eigenvalue weighted by Gasteiger charge is 2.21. The lowest BCUT2D eigenvalue weighted by atomic mass is 10.1. The van der Waals surface area contributed by atoms with Crippen LogP contribution < -0.4 is 0 Å². The maximum absolute atomic E-state index is 10.1. The molecule has 0 bridgehead atoms. The standard InChI is InChI=1S/C48H31N3/c1-2-13-32(14-3-1)33-25-27-34(28-26-33)50-44-22-10-6-17-38(44)40-19-12-24-47(48(40)50)51-45-23-11-7-18-39(45)41-31-35(29-30-46(41)51)49-42-20-8-4-15-36(42)37-16-5-9-21-43(37)49/h1-31H/i1D,2D,3D,4D,5D,6D,7D,8D,9D,10D,11D,12D,13D,14D,15D,16D,17D,18D,19D,20D,21D,22D,23D,24D,29D,30D,31D. The number of hydrogen-bond acceptors (Lipinski definition) is 0. The van der Waals surface area contributed by atoms with Crippen molar-refractivity contribution in [3.8, 4) is 28.2 Å². The van der Waals surface area contributed by atoms with Crippen LogP contribution in [0.25, 0.3) is 93.6 Å². The van der Waals surface area contributed by atoms with Gasteiger partial charge in [0.1, 0.15) is 0 Å². The highest BCUT2D eigenvalue weighted by molar-refractivity contribution is 6.16. The van der Waals surface area contributed by atoms with Gasteiger partial charge in [-0.1, -0.05) is 127 Å². The Kier molecular flexibility index (Phi) is 2.65. The number of para-hydroxylation sites is 5. The van der Waals surface area contributed by atoms with Gasteiger partial charge in [-0.2, -0.15) is 0 Å². The van der Waals surface area contributed by atoms with Gasteiger partial charge in [0.15, 0.2) is 0 Å². The molecule has 0 radical (unpaired) electrons. The van der Waals surface area contributed by atoms with Gasteiger partial charge in [0.2, 0.25) is 0 Å². The Hall–Kier alpha value is -6.84. The molecule has 0 N–H and O–H groups in total. The van der Waals surface area contributed by atoms with E-state index in [-0.39, 0.29) is 27.7 Å². The lowest BCUT2D eigenvalue weighted by molar-refractivity contribution is 1.13. The minimum Gasteiger partial charge on any atom is -0.309 e. The average molecular weight is 677 g/mol. The first-order valence-electron chi connectivity index (χ1n) is 28.8. The molecular formula is C48H31N3. The summed E-state index contributed by atoms with van der Waals surface area (Å²) in [6, 6.07) is -16.0. The van der Waals surface area contributed by atoms with Crippen molar-refractivity contribution in [2.24, 2.45) is 0 Å². The first-order chi connectivity index (χ1) is 36.6. The molecule has 0 aliphatic heterocycles. The molecule has 0 aliphatic rings. The second-order valence-electron chi connectivity index (χ2n) is 11.3. The lowest BCUT2D eigenvalue weighted by Gasteiger charge is -2.15. The molecule has 11 aromatic rings. The zero-order chi connectivity index (χ0) is 57.0. The van der Waals surface area contributed by atoms with Gasteiger partial charge < -0.3 is 13.7 Å². The highest BCUT2D eigenvalue weighted by atomic mass is 15.1. The van der Waals surface area contributed by atoms with Crippen molar-refractivity contribution in [3.05, 3.63) is 187 Å². The summed E-state index contributed by atoms with van der Waals surface area (Å²) in [5.74, 6) is 0. The van der Waals surface area contributed by atoms with Gasteiger partial charge in [0, 0.05) is 43.7 Å². The lowest BCUT2D eigenvalue weighted by Crippen LogP contribution is -2.01. The number of fused-ring (bicyclic) bond motifs is 9. The van der Waals surface area contributed by atoms with Crippen LogP contribution in [-0.4, -0.2) is 13.7 Å². The van der Waals surface area contributed by atoms with Gasteiger partial charge in [-0.05, 0) is 71.6 Å². The Morgan fingerprint density at radius 2 is 0.804 bits per heavy atom. The fourth-order valence-corrected chi connectivity index (χ4v) is 6.63. The minimum atomic E-state index is -0.986. The van der Waals surface area contributed by atoms with E-state index < -0.39 is 229 Å². The van der Waals surface area contributed by atoms with Crippen LogP contribution >= 0.6 is 0 Å². The van der Waals surface area contributed by atoms with Gasteiger partial charge >= 0.3 is 0 Å². The maximum atomic E-state index is 10.1. The Balaban J connectivity index is 1.39. The van der Waals surface area contributed by atoms with Crippen molar-refractivity contribution < 1.29 is 37.0 Å². The topological polar surface area (TPSA) is 14.8 Å². The number of rotatable bonds is 4. The van der Waals surface area contributed by atoms with E-state index in [0.29, 0.717) is 0 Å². The van der Waals surface area contributed by atoms with Crippen LogP contribution in [0.4, 0.5) is 0 Å². The summed E-state index contributed by atoms with van der Waals surface area (Å²) in [5, 5.41) is -2.80. The van der Waals surface area contributed by atoms with Gasteiger partial charge in [-0.25, -0.2) is 0 Å². The molecule has 0 unspecified atom stereocenters. The number of aromatic nitrogens is 3. The first kappa shape index (κ1) is 12.5. The van der Waals surface area contributed by atoms with E-state index in [9.17, 15) is 13.7 Å². The summed E-state index contributed by atoms with van der Waals surface area (Å²) >= 11 is 0. The van der Waals surface area contributed by atoms with Crippen LogP contribution in [-0.2, 0) is 0 Å². The third-order valence-corrected chi connectivity index (χ3v) is 8.73. The summed E-state index contributed by atoms with van der Waals surface area (Å²) < 4.78 is 246. The molecule has 11 rings (SSSR count). The van der Waals surface area contributed by atoms with Crippen molar-refractivity contribution in [1.82, 2.24) is 13.7 Å². The molecule has 0 fully saturated rings. The van der Waals surface area contributed by atoms with Crippen LogP contribution in [0.15, 0.2) is 187 Å². The Bertz CT molecular complexity index is 4580. The first-order valence-corrected chi connectivity index (χ1v) is 15.3. The van der Waals surface area contributed by atoms with E-state index in [1.165, 1.54) is 28.8 Å². The maximum Gasteiger partial charge on any atom is 0.0782 e. The van der Waals surface area contributed by atoms with Crippen LogP contribution in [0.2, 0.25) is 0 Å². The molecule has 3 heteroatoms. The minimum absolute atomic E-state index is 0.0344. The highest BCUT2D eigenvalue weighted by Crippen LogP contribution is 2.41. The van der Waals surface area contributed by atoms with Crippen molar-refractivity contribution in [2.75, 3.05) is 0 Å². The van der Waals surface area contributed by atoms with E-state index in [1.807, 2.05) is 0 Å². The van der Waals surface area contributed by atoms with Gasteiger partial charge in [0.25, 0.3) is 0 Å². The summed E-state index contributed by atoms with van der Waals surface area (Å²) in [7, 11) is 0. The second kappa shape index (κ2) is 10.8. The molecular weight excluding hydrogens is 619 g/mol. The third-order valence-electron chi connectivity index (χ3n) is 8.73. The van der Waals surface area contributed by atoms with Gasteiger partial charge in [0.05, 0.1) is 75.8 Å². The summed E-state index contributed by atoms with van der Waals surface area (Å²) in [5.41, 5.74) is -4.59. The molecule has 3 heterocycles. The van der Waals surface area contributed by atoms with E-state index in [4.69, 9.17) is 23.3 Å². The molecule has 3 aromatic heterocycles. The number of hydrogen-bond donors (Lipinski definition) is 0. The summed E-state index contributed by atoms with van der Waals surface area (Å²) in [6.07, 6.45) is 0. The molecule has 0 spiro atoms. The van der Waals surface area contributed by atoms with E-state index in [2.05, 4.69) is 0 Å². The molecule has 3 nitrogen and oxygen atoms in total. The molecule has 8 aromatic carbocycles. The average Bonchev–Trinajstić information content (AvgIpc) is 4.31. The largest absolute Gasteiger partial charge is 0.309 e. The molecule has 0 aliphatic carbocycles. The molecule has 0 atom stereocenters. The number of benzene rings is 8. The monoisotopic (exact) mass is 676 g/mol. The van der Waals surface area contributed by atoms with Gasteiger partial charge in [-0.3, -0.25) is 0 Å². The Morgan fingerprint density at radius 1 is 0.314 bits per heavy atom. The van der Waals surface area contributed by atoms with E-state index in [1.54, 1.807) is 0 Å². The SMILES string of the molecule is [2H]c1c([2H])c([2H])c(-c2ccc(-n3c4c([2H])c([2H])c([2H])c([2H])c4c4c([2H])c([2H])c([2H])c(-n5c6c([2H])c([2H])c([2H])c([2H])c6c6c([2H])c(-n7c8c([2H])c([2H])c([2H])c([2H])c8c8c([2H])c([2H])c([2H])c([2H])c87)c([2H])c([2H])c65)c43)cc2)c([2H])c1[2H]. The summed E-state index contributed by atoms with van der Waals surface area (Å²) in [6.45, 7) is 0. The predicted octanol–water partition coefficient (Wildman–Crippen LogP) is 12.6.